The number of nitrogens with zero attached hydrogens (tertiary/aromatic N) is 2. The molecule has 3 aromatic rings. The number of aromatic amines is 1. The van der Waals surface area contributed by atoms with Crippen molar-refractivity contribution in [1.29, 1.82) is 0 Å². The van der Waals surface area contributed by atoms with Crippen LogP contribution in [0.4, 0.5) is 11.5 Å². The molecule has 1 aromatic carbocycles. The van der Waals surface area contributed by atoms with Crippen LogP contribution in [0, 0.1) is 6.92 Å². The zero-order valence-electron chi connectivity index (χ0n) is 16.2. The molecule has 8 heteroatoms. The van der Waals surface area contributed by atoms with Crippen molar-refractivity contribution in [3.63, 3.8) is 0 Å². The molecule has 0 aliphatic rings. The van der Waals surface area contributed by atoms with Crippen LogP contribution in [0.15, 0.2) is 38.3 Å². The van der Waals surface area contributed by atoms with E-state index in [1.165, 1.54) is 9.47 Å². The normalized spacial score (nSPS) is 11.1. The highest BCUT2D eigenvalue weighted by atomic mass is 16.3. The number of hydrogen-bond donors (Lipinski definition) is 2. The Morgan fingerprint density at radius 3 is 2.61 bits per heavy atom. The lowest BCUT2D eigenvalue weighted by atomic mass is 10.1. The Morgan fingerprint density at radius 1 is 1.25 bits per heavy atom. The molecular formula is C20H24N4O4. The van der Waals surface area contributed by atoms with Gasteiger partial charge in [-0.1, -0.05) is 31.5 Å². The molecule has 3 rings (SSSR count). The van der Waals surface area contributed by atoms with E-state index in [1.54, 1.807) is 19.9 Å². The number of fused-ring (bicyclic) bond motifs is 1. The van der Waals surface area contributed by atoms with E-state index in [-0.39, 0.29) is 23.8 Å². The van der Waals surface area contributed by atoms with Crippen molar-refractivity contribution in [1.82, 2.24) is 9.55 Å². The van der Waals surface area contributed by atoms with E-state index in [1.807, 2.05) is 25.1 Å². The first-order valence-corrected chi connectivity index (χ1v) is 9.33. The lowest BCUT2D eigenvalue weighted by molar-refractivity contribution is 0.0962. The Balaban J connectivity index is 2.12. The number of nitrogens with one attached hydrogen (secondary N) is 1. The van der Waals surface area contributed by atoms with Crippen molar-refractivity contribution < 1.29 is 9.21 Å². The van der Waals surface area contributed by atoms with Gasteiger partial charge < -0.3 is 10.2 Å². The summed E-state index contributed by atoms with van der Waals surface area (Å²) in [6.45, 7) is 6.06. The molecule has 0 bridgehead atoms. The summed E-state index contributed by atoms with van der Waals surface area (Å²) in [7, 11) is 0. The summed E-state index contributed by atoms with van der Waals surface area (Å²) < 4.78 is 7.04. The van der Waals surface area contributed by atoms with Gasteiger partial charge in [-0.25, -0.2) is 4.79 Å². The van der Waals surface area contributed by atoms with Gasteiger partial charge in [0.05, 0.1) is 0 Å². The molecule has 0 saturated heterocycles. The molecular weight excluding hydrogens is 360 g/mol. The van der Waals surface area contributed by atoms with Gasteiger partial charge in [0.2, 0.25) is 0 Å². The Hall–Kier alpha value is -3.29. The highest BCUT2D eigenvalue weighted by Crippen LogP contribution is 2.28. The van der Waals surface area contributed by atoms with E-state index in [9.17, 15) is 14.4 Å². The van der Waals surface area contributed by atoms with Crippen molar-refractivity contribution in [2.24, 2.45) is 0 Å². The minimum Gasteiger partial charge on any atom is -0.451 e. The predicted molar refractivity (Wildman–Crippen MR) is 109 cm³/mol. The van der Waals surface area contributed by atoms with Crippen molar-refractivity contribution in [2.45, 2.75) is 40.2 Å². The van der Waals surface area contributed by atoms with Crippen LogP contribution in [0.3, 0.4) is 0 Å². The number of para-hydroxylation sites is 1. The first-order valence-electron chi connectivity index (χ1n) is 9.33. The second kappa shape index (κ2) is 7.75. The molecule has 148 valence electrons. The van der Waals surface area contributed by atoms with Crippen molar-refractivity contribution in [3.8, 4) is 0 Å². The number of aryl methyl sites for hydroxylation is 1. The van der Waals surface area contributed by atoms with E-state index in [0.29, 0.717) is 17.7 Å². The van der Waals surface area contributed by atoms with Crippen LogP contribution >= 0.6 is 0 Å². The van der Waals surface area contributed by atoms with Gasteiger partial charge in [0.15, 0.2) is 11.4 Å². The molecule has 3 N–H and O–H groups in total. The predicted octanol–water partition coefficient (Wildman–Crippen LogP) is 2.64. The third-order valence-electron chi connectivity index (χ3n) is 4.82. The van der Waals surface area contributed by atoms with Gasteiger partial charge >= 0.3 is 5.69 Å². The lowest BCUT2D eigenvalue weighted by Crippen LogP contribution is -2.41. The number of unbranched alkanes of at least 4 members (excludes halogenated alkanes) is 1. The van der Waals surface area contributed by atoms with Crippen LogP contribution in [-0.4, -0.2) is 22.0 Å². The zero-order chi connectivity index (χ0) is 20.4. The minimum atomic E-state index is -0.695. The average Bonchev–Trinajstić information content (AvgIpc) is 3.01. The van der Waals surface area contributed by atoms with E-state index < -0.39 is 17.2 Å². The number of H-pyrrole nitrogens is 1. The number of nitrogen functional groups attached to an aromatic ring is 1. The summed E-state index contributed by atoms with van der Waals surface area (Å²) >= 11 is 0. The fourth-order valence-corrected chi connectivity index (χ4v) is 3.28. The van der Waals surface area contributed by atoms with Gasteiger partial charge in [0, 0.05) is 24.0 Å². The molecule has 28 heavy (non-hydrogen) atoms. The van der Waals surface area contributed by atoms with Gasteiger partial charge in [-0.05, 0) is 26.3 Å². The van der Waals surface area contributed by atoms with Crippen LogP contribution < -0.4 is 21.9 Å². The maximum absolute atomic E-state index is 13.2. The molecule has 2 aromatic heterocycles. The smallest absolute Gasteiger partial charge is 0.330 e. The fourth-order valence-electron chi connectivity index (χ4n) is 3.28. The number of rotatable bonds is 6. The van der Waals surface area contributed by atoms with E-state index >= 15 is 0 Å². The number of carbonyl (C=O) groups excluding carboxylic acids is 1. The molecule has 0 unspecified atom stereocenters. The average molecular weight is 384 g/mol. The van der Waals surface area contributed by atoms with Crippen LogP contribution in [0.5, 0.6) is 0 Å². The van der Waals surface area contributed by atoms with Crippen LogP contribution in [-0.2, 0) is 6.54 Å². The van der Waals surface area contributed by atoms with Crippen LogP contribution in [0.2, 0.25) is 0 Å². The maximum atomic E-state index is 13.2. The van der Waals surface area contributed by atoms with Crippen LogP contribution in [0.1, 0.15) is 42.8 Å². The third kappa shape index (κ3) is 3.21. The van der Waals surface area contributed by atoms with E-state index in [2.05, 4.69) is 4.98 Å². The van der Waals surface area contributed by atoms with Crippen molar-refractivity contribution >= 4 is 28.4 Å². The molecule has 0 saturated carbocycles. The summed E-state index contributed by atoms with van der Waals surface area (Å²) in [4.78, 5) is 41.4. The topological polar surface area (TPSA) is 114 Å². The second-order valence-electron chi connectivity index (χ2n) is 6.60. The summed E-state index contributed by atoms with van der Waals surface area (Å²) in [6, 6.07) is 7.33. The SMILES string of the molecule is CCCCn1c(N)c(N(CC)C(=O)c2oc3ccccc3c2C)c(=O)[nH]c1=O. The number of nitrogens with two attached hydrogens (primary N) is 1. The summed E-state index contributed by atoms with van der Waals surface area (Å²) in [5, 5.41) is 0.830. The summed E-state index contributed by atoms with van der Waals surface area (Å²) in [5.74, 6) is -0.353. The summed E-state index contributed by atoms with van der Waals surface area (Å²) in [6.07, 6.45) is 1.58. The Labute approximate surface area is 161 Å². The molecule has 1 amide bonds. The van der Waals surface area contributed by atoms with Gasteiger partial charge in [0.1, 0.15) is 11.4 Å². The Morgan fingerprint density at radius 2 is 1.96 bits per heavy atom. The standard InChI is InChI=1S/C20H24N4O4/c1-4-6-11-24-17(21)15(18(25)22-20(24)27)23(5-2)19(26)16-12(3)13-9-7-8-10-14(13)28-16/h7-10H,4-6,11,21H2,1-3H3,(H,22,25,27). The minimum absolute atomic E-state index is 0.0221. The number of furan rings is 1. The number of benzene rings is 1. The molecule has 8 nitrogen and oxygen atoms in total. The zero-order valence-corrected chi connectivity index (χ0v) is 16.2. The highest BCUT2D eigenvalue weighted by molar-refractivity contribution is 6.08. The molecule has 0 spiro atoms. The van der Waals surface area contributed by atoms with E-state index in [0.717, 1.165) is 18.2 Å². The number of anilines is 2. The fraction of sp³-hybridized carbons (Fsp3) is 0.350. The quantitative estimate of drug-likeness (QED) is 0.678. The Bertz CT molecular complexity index is 1140. The van der Waals surface area contributed by atoms with Crippen molar-refractivity contribution in [2.75, 3.05) is 17.2 Å². The van der Waals surface area contributed by atoms with Gasteiger partial charge in [0.25, 0.3) is 11.5 Å². The van der Waals surface area contributed by atoms with Crippen LogP contribution in [0.25, 0.3) is 11.0 Å². The second-order valence-corrected chi connectivity index (χ2v) is 6.60. The number of carbonyl (C=O) groups is 1. The van der Waals surface area contributed by atoms with Gasteiger partial charge in [-0.15, -0.1) is 0 Å². The monoisotopic (exact) mass is 384 g/mol. The number of amides is 1. The molecule has 2 heterocycles. The van der Waals surface area contributed by atoms with E-state index in [4.69, 9.17) is 10.2 Å². The third-order valence-corrected chi connectivity index (χ3v) is 4.82. The van der Waals surface area contributed by atoms with Gasteiger partial charge in [-0.2, -0.15) is 0 Å². The molecule has 0 fully saturated rings. The molecule has 0 radical (unpaired) electrons. The molecule has 0 aliphatic carbocycles. The highest BCUT2D eigenvalue weighted by Gasteiger charge is 2.28. The largest absolute Gasteiger partial charge is 0.451 e. The first-order chi connectivity index (χ1) is 13.4. The molecule has 0 atom stereocenters. The lowest BCUT2D eigenvalue weighted by Gasteiger charge is -2.22. The van der Waals surface area contributed by atoms with Crippen molar-refractivity contribution in [3.05, 3.63) is 56.4 Å². The first kappa shape index (κ1) is 19.5. The maximum Gasteiger partial charge on any atom is 0.330 e. The Kier molecular flexibility index (Phi) is 5.39. The summed E-state index contributed by atoms with van der Waals surface area (Å²) in [5.41, 5.74) is 6.12. The molecule has 0 aliphatic heterocycles. The number of aromatic nitrogens is 2. The van der Waals surface area contributed by atoms with Gasteiger partial charge in [-0.3, -0.25) is 24.0 Å². The number of hydrogen-bond acceptors (Lipinski definition) is 5.